The maximum Gasteiger partial charge on any atom is 0.248 e. The molecule has 0 atom stereocenters. The Labute approximate surface area is 146 Å². The van der Waals surface area contributed by atoms with Crippen molar-refractivity contribution in [1.82, 2.24) is 9.97 Å². The number of nitrogens with zero attached hydrogens (tertiary/aromatic N) is 4. The van der Waals surface area contributed by atoms with Gasteiger partial charge in [0.2, 0.25) is 11.9 Å². The lowest BCUT2D eigenvalue weighted by Crippen LogP contribution is -2.20. The molecule has 1 aromatic heterocycles. The number of benzene rings is 1. The first-order chi connectivity index (χ1) is 11.4. The molecule has 0 aliphatic rings. The second kappa shape index (κ2) is 7.79. The molecule has 0 aliphatic carbocycles. The van der Waals surface area contributed by atoms with E-state index in [0.29, 0.717) is 22.5 Å². The Morgan fingerprint density at radius 3 is 2.38 bits per heavy atom. The number of amides is 1. The summed E-state index contributed by atoms with van der Waals surface area (Å²) >= 11 is 5.84. The molecule has 0 spiro atoms. The molecule has 0 saturated carbocycles. The molecular formula is C17H20ClN5O. The molecule has 126 valence electrons. The van der Waals surface area contributed by atoms with Gasteiger partial charge in [0.1, 0.15) is 5.69 Å². The van der Waals surface area contributed by atoms with Gasteiger partial charge in [-0.05, 0) is 23.8 Å². The van der Waals surface area contributed by atoms with Crippen molar-refractivity contribution in [1.29, 1.82) is 0 Å². The van der Waals surface area contributed by atoms with Crippen molar-refractivity contribution in [3.05, 3.63) is 47.1 Å². The van der Waals surface area contributed by atoms with E-state index in [1.807, 2.05) is 45.2 Å². The number of nitrogens with one attached hydrogen (secondary N) is 1. The van der Waals surface area contributed by atoms with E-state index < -0.39 is 0 Å². The van der Waals surface area contributed by atoms with E-state index in [0.717, 1.165) is 5.56 Å². The first-order valence-electron chi connectivity index (χ1n) is 7.33. The van der Waals surface area contributed by atoms with Crippen molar-refractivity contribution >= 4 is 41.0 Å². The van der Waals surface area contributed by atoms with Crippen LogP contribution in [0.5, 0.6) is 0 Å². The molecule has 6 nitrogen and oxygen atoms in total. The van der Waals surface area contributed by atoms with Crippen molar-refractivity contribution in [2.45, 2.75) is 0 Å². The second-order valence-electron chi connectivity index (χ2n) is 5.57. The zero-order valence-electron chi connectivity index (χ0n) is 14.1. The standard InChI is InChI=1S/C17H20ClN5O/c1-22(2)16-14(11-19-17(21-16)23(3)4)20-15(24)10-7-12-5-8-13(18)9-6-12/h5-11H,1-4H3,(H,20,24)/b10-7+. The van der Waals surface area contributed by atoms with Gasteiger partial charge in [-0.15, -0.1) is 0 Å². The Balaban J connectivity index is 2.14. The molecule has 0 unspecified atom stereocenters. The third-order valence-corrected chi connectivity index (χ3v) is 3.39. The summed E-state index contributed by atoms with van der Waals surface area (Å²) in [4.78, 5) is 24.4. The van der Waals surface area contributed by atoms with Gasteiger partial charge < -0.3 is 15.1 Å². The Hall–Kier alpha value is -2.60. The molecule has 24 heavy (non-hydrogen) atoms. The predicted molar refractivity (Wildman–Crippen MR) is 99.8 cm³/mol. The van der Waals surface area contributed by atoms with Crippen LogP contribution < -0.4 is 15.1 Å². The normalized spacial score (nSPS) is 10.7. The van der Waals surface area contributed by atoms with Gasteiger partial charge in [-0.2, -0.15) is 4.98 Å². The van der Waals surface area contributed by atoms with E-state index in [1.54, 1.807) is 29.3 Å². The minimum atomic E-state index is -0.255. The lowest BCUT2D eigenvalue weighted by atomic mass is 10.2. The summed E-state index contributed by atoms with van der Waals surface area (Å²) in [5.41, 5.74) is 1.44. The molecule has 1 N–H and O–H groups in total. The van der Waals surface area contributed by atoms with Gasteiger partial charge in [-0.1, -0.05) is 23.7 Å². The highest BCUT2D eigenvalue weighted by Crippen LogP contribution is 2.23. The number of carbonyl (C=O) groups is 1. The Bertz CT molecular complexity index is 741. The Kier molecular flexibility index (Phi) is 5.76. The fourth-order valence-electron chi connectivity index (χ4n) is 1.93. The number of rotatable bonds is 5. The summed E-state index contributed by atoms with van der Waals surface area (Å²) in [5.74, 6) is 0.963. The van der Waals surface area contributed by atoms with E-state index >= 15 is 0 Å². The lowest BCUT2D eigenvalue weighted by Gasteiger charge is -2.18. The van der Waals surface area contributed by atoms with Crippen LogP contribution in [0.15, 0.2) is 36.5 Å². The van der Waals surface area contributed by atoms with Crippen LogP contribution >= 0.6 is 11.6 Å². The summed E-state index contributed by atoms with van der Waals surface area (Å²) in [7, 11) is 7.45. The minimum Gasteiger partial charge on any atom is -0.361 e. The molecule has 1 amide bonds. The summed E-state index contributed by atoms with van der Waals surface area (Å²) in [6.07, 6.45) is 4.78. The predicted octanol–water partition coefficient (Wildman–Crippen LogP) is 2.91. The van der Waals surface area contributed by atoms with Crippen LogP contribution in [-0.4, -0.2) is 44.1 Å². The zero-order valence-corrected chi connectivity index (χ0v) is 14.9. The third-order valence-electron chi connectivity index (χ3n) is 3.13. The largest absolute Gasteiger partial charge is 0.361 e. The summed E-state index contributed by atoms with van der Waals surface area (Å²) in [6.45, 7) is 0. The van der Waals surface area contributed by atoms with Crippen LogP contribution in [0.4, 0.5) is 17.5 Å². The number of aromatic nitrogens is 2. The van der Waals surface area contributed by atoms with Gasteiger partial charge in [-0.3, -0.25) is 4.79 Å². The summed E-state index contributed by atoms with van der Waals surface area (Å²) in [5, 5.41) is 3.46. The van der Waals surface area contributed by atoms with E-state index in [9.17, 15) is 4.79 Å². The first kappa shape index (κ1) is 17.7. The maximum atomic E-state index is 12.1. The number of hydrogen-bond acceptors (Lipinski definition) is 5. The average Bonchev–Trinajstić information content (AvgIpc) is 2.54. The first-order valence-corrected chi connectivity index (χ1v) is 7.71. The summed E-state index contributed by atoms with van der Waals surface area (Å²) in [6, 6.07) is 7.23. The molecule has 0 saturated heterocycles. The monoisotopic (exact) mass is 345 g/mol. The molecule has 1 aromatic carbocycles. The van der Waals surface area contributed by atoms with Crippen molar-refractivity contribution in [2.24, 2.45) is 0 Å². The van der Waals surface area contributed by atoms with Crippen LogP contribution in [0, 0.1) is 0 Å². The van der Waals surface area contributed by atoms with Gasteiger partial charge >= 0.3 is 0 Å². The van der Waals surface area contributed by atoms with Crippen LogP contribution in [0.2, 0.25) is 5.02 Å². The van der Waals surface area contributed by atoms with Gasteiger partial charge in [0, 0.05) is 39.3 Å². The van der Waals surface area contributed by atoms with Crippen LogP contribution in [0.3, 0.4) is 0 Å². The molecule has 1 heterocycles. The number of hydrogen-bond donors (Lipinski definition) is 1. The molecule has 7 heteroatoms. The van der Waals surface area contributed by atoms with Crippen molar-refractivity contribution in [2.75, 3.05) is 43.3 Å². The van der Waals surface area contributed by atoms with Crippen molar-refractivity contribution < 1.29 is 4.79 Å². The van der Waals surface area contributed by atoms with E-state index in [1.165, 1.54) is 6.08 Å². The van der Waals surface area contributed by atoms with E-state index in [2.05, 4.69) is 15.3 Å². The van der Waals surface area contributed by atoms with Crippen LogP contribution in [0.1, 0.15) is 5.56 Å². The Morgan fingerprint density at radius 1 is 1.12 bits per heavy atom. The fourth-order valence-corrected chi connectivity index (χ4v) is 2.05. The average molecular weight is 346 g/mol. The number of halogens is 1. The molecule has 0 fully saturated rings. The van der Waals surface area contributed by atoms with Gasteiger partial charge in [-0.25, -0.2) is 4.98 Å². The highest BCUT2D eigenvalue weighted by molar-refractivity contribution is 6.30. The van der Waals surface area contributed by atoms with Crippen LogP contribution in [0.25, 0.3) is 6.08 Å². The molecule has 2 aromatic rings. The Morgan fingerprint density at radius 2 is 1.79 bits per heavy atom. The summed E-state index contributed by atoms with van der Waals surface area (Å²) < 4.78 is 0. The van der Waals surface area contributed by atoms with Crippen LogP contribution in [-0.2, 0) is 4.79 Å². The highest BCUT2D eigenvalue weighted by atomic mass is 35.5. The minimum absolute atomic E-state index is 0.255. The number of anilines is 3. The van der Waals surface area contributed by atoms with Gasteiger partial charge in [0.05, 0.1) is 6.20 Å². The SMILES string of the molecule is CN(C)c1ncc(NC(=O)/C=C/c2ccc(Cl)cc2)c(N(C)C)n1. The van der Waals surface area contributed by atoms with E-state index in [-0.39, 0.29) is 5.91 Å². The molecule has 0 aliphatic heterocycles. The van der Waals surface area contributed by atoms with E-state index in [4.69, 9.17) is 11.6 Å². The quantitative estimate of drug-likeness (QED) is 0.844. The smallest absolute Gasteiger partial charge is 0.248 e. The molecule has 0 radical (unpaired) electrons. The topological polar surface area (TPSA) is 61.4 Å². The zero-order chi connectivity index (χ0) is 17.7. The fraction of sp³-hybridized carbons (Fsp3) is 0.235. The van der Waals surface area contributed by atoms with Gasteiger partial charge in [0.15, 0.2) is 5.82 Å². The van der Waals surface area contributed by atoms with Gasteiger partial charge in [0.25, 0.3) is 0 Å². The molecule has 2 rings (SSSR count). The van der Waals surface area contributed by atoms with Crippen molar-refractivity contribution in [3.8, 4) is 0 Å². The third kappa shape index (κ3) is 4.70. The molecule has 0 bridgehead atoms. The number of carbonyl (C=O) groups excluding carboxylic acids is 1. The van der Waals surface area contributed by atoms with Crippen molar-refractivity contribution in [3.63, 3.8) is 0 Å². The second-order valence-corrected chi connectivity index (χ2v) is 6.01. The lowest BCUT2D eigenvalue weighted by molar-refractivity contribution is -0.111. The maximum absolute atomic E-state index is 12.1. The highest BCUT2D eigenvalue weighted by Gasteiger charge is 2.12. The molecular weight excluding hydrogens is 326 g/mol.